The van der Waals surface area contributed by atoms with Crippen molar-refractivity contribution in [3.8, 4) is 11.5 Å². The van der Waals surface area contributed by atoms with Gasteiger partial charge in [0, 0.05) is 19.4 Å². The van der Waals surface area contributed by atoms with Crippen LogP contribution >= 0.6 is 0 Å². The summed E-state index contributed by atoms with van der Waals surface area (Å²) in [7, 11) is -4.39. The average molecular weight is 509 g/mol. The summed E-state index contributed by atoms with van der Waals surface area (Å²) in [5, 5.41) is 18.7. The first kappa shape index (κ1) is 25.0. The number of hydroxylamine groups is 1. The van der Waals surface area contributed by atoms with Gasteiger partial charge < -0.3 is 14.6 Å². The molecule has 0 aromatic heterocycles. The van der Waals surface area contributed by atoms with Crippen molar-refractivity contribution in [3.05, 3.63) is 54.3 Å². The molecule has 2 aliphatic heterocycles. The molecule has 0 spiro atoms. The topological polar surface area (TPSA) is 142 Å². The maximum absolute atomic E-state index is 13.8. The lowest BCUT2D eigenvalue weighted by Crippen LogP contribution is -2.64. The quantitative estimate of drug-likeness (QED) is 0.347. The molecule has 2 saturated heterocycles. The lowest BCUT2D eigenvalue weighted by Gasteiger charge is -2.45. The smallest absolute Gasteiger partial charge is 0.304 e. The normalized spacial score (nSPS) is 23.7. The number of benzene rings is 2. The van der Waals surface area contributed by atoms with Crippen LogP contribution in [0.3, 0.4) is 0 Å². The third-order valence-corrected chi connectivity index (χ3v) is 8.30. The first-order valence-electron chi connectivity index (χ1n) is 11.0. The van der Waals surface area contributed by atoms with E-state index in [2.05, 4.69) is 0 Å². The first-order chi connectivity index (χ1) is 16.6. The van der Waals surface area contributed by atoms with Gasteiger partial charge in [0.25, 0.3) is 5.91 Å². The molecule has 2 fully saturated rings. The number of nitrogens with zero attached hydrogens (tertiary/aromatic N) is 1. The summed E-state index contributed by atoms with van der Waals surface area (Å²) in [6, 6.07) is 10.6. The van der Waals surface area contributed by atoms with Crippen LogP contribution in [-0.2, 0) is 24.3 Å². The minimum Gasteiger partial charge on any atom is -0.481 e. The van der Waals surface area contributed by atoms with Gasteiger partial charge in [-0.15, -0.1) is 0 Å². The van der Waals surface area contributed by atoms with Crippen molar-refractivity contribution in [3.63, 3.8) is 0 Å². The second kappa shape index (κ2) is 9.90. The number of carboxylic acids is 1. The Morgan fingerprint density at radius 1 is 1.06 bits per heavy atom. The summed E-state index contributed by atoms with van der Waals surface area (Å²) < 4.78 is 52.9. The second-order valence-corrected chi connectivity index (χ2v) is 10.4. The van der Waals surface area contributed by atoms with Gasteiger partial charge in [0.1, 0.15) is 22.9 Å². The summed E-state index contributed by atoms with van der Waals surface area (Å²) in [4.78, 5) is 24.1. The molecule has 2 heterocycles. The Morgan fingerprint density at radius 2 is 1.60 bits per heavy atom. The number of halogens is 1. The number of hydrogen-bond acceptors (Lipinski definition) is 7. The standard InChI is InChI=1S/C23H25FN2O8S/c24-15-1-3-16(4-2-15)33-17-7-9-20(10-8-17)35(31,32)26(12-11-21(27)28)23(22(29)25-30)13-18-5-6-19(14-23)34-18/h1-4,7-10,18-19,30H,5-6,11-14H2,(H,25,29)(H,27,28). The molecule has 2 aliphatic rings. The molecule has 188 valence electrons. The van der Waals surface area contributed by atoms with E-state index in [4.69, 9.17) is 9.47 Å². The van der Waals surface area contributed by atoms with E-state index in [9.17, 15) is 32.7 Å². The zero-order valence-corrected chi connectivity index (χ0v) is 19.4. The van der Waals surface area contributed by atoms with Crippen molar-refractivity contribution in [2.24, 2.45) is 0 Å². The summed E-state index contributed by atoms with van der Waals surface area (Å²) >= 11 is 0. The highest BCUT2D eigenvalue weighted by Crippen LogP contribution is 2.44. The maximum Gasteiger partial charge on any atom is 0.304 e. The van der Waals surface area contributed by atoms with Crippen LogP contribution in [0, 0.1) is 5.82 Å². The van der Waals surface area contributed by atoms with Crippen LogP contribution in [-0.4, -0.2) is 59.2 Å². The van der Waals surface area contributed by atoms with Crippen LogP contribution < -0.4 is 10.2 Å². The molecular weight excluding hydrogens is 483 g/mol. The Kier molecular flexibility index (Phi) is 7.08. The number of rotatable bonds is 9. The molecule has 2 atom stereocenters. The van der Waals surface area contributed by atoms with E-state index in [0.29, 0.717) is 24.3 Å². The van der Waals surface area contributed by atoms with E-state index in [-0.39, 0.29) is 29.9 Å². The minimum absolute atomic E-state index is 0.0134. The molecule has 10 nitrogen and oxygen atoms in total. The maximum atomic E-state index is 13.8. The van der Waals surface area contributed by atoms with Gasteiger partial charge in [0.15, 0.2) is 0 Å². The van der Waals surface area contributed by atoms with Crippen LogP contribution in [0.4, 0.5) is 4.39 Å². The van der Waals surface area contributed by atoms with Crippen LogP contribution in [0.2, 0.25) is 0 Å². The number of amides is 1. The molecule has 1 amide bonds. The zero-order chi connectivity index (χ0) is 25.2. The van der Waals surface area contributed by atoms with Gasteiger partial charge in [0.2, 0.25) is 10.0 Å². The van der Waals surface area contributed by atoms with Crippen molar-refractivity contribution in [1.29, 1.82) is 0 Å². The molecule has 0 saturated carbocycles. The van der Waals surface area contributed by atoms with E-state index < -0.39 is 46.2 Å². The number of fused-ring (bicyclic) bond motifs is 2. The number of carbonyl (C=O) groups is 2. The molecule has 35 heavy (non-hydrogen) atoms. The van der Waals surface area contributed by atoms with Gasteiger partial charge in [0.05, 0.1) is 23.5 Å². The second-order valence-electron chi connectivity index (χ2n) is 8.59. The Bertz CT molecular complexity index is 1180. The van der Waals surface area contributed by atoms with E-state index in [1.807, 2.05) is 0 Å². The minimum atomic E-state index is -4.39. The summed E-state index contributed by atoms with van der Waals surface area (Å²) in [6.45, 7) is -0.474. The van der Waals surface area contributed by atoms with Crippen LogP contribution in [0.5, 0.6) is 11.5 Å². The van der Waals surface area contributed by atoms with Gasteiger partial charge in [-0.3, -0.25) is 14.8 Å². The van der Waals surface area contributed by atoms with Gasteiger partial charge in [-0.2, -0.15) is 4.31 Å². The Morgan fingerprint density at radius 3 is 2.11 bits per heavy atom. The number of aliphatic carboxylic acids is 1. The molecule has 0 aliphatic carbocycles. The summed E-state index contributed by atoms with van der Waals surface area (Å²) in [6.07, 6.45) is -0.0799. The summed E-state index contributed by atoms with van der Waals surface area (Å²) in [5.41, 5.74) is -0.130. The van der Waals surface area contributed by atoms with Crippen molar-refractivity contribution < 1.29 is 42.2 Å². The Balaban J connectivity index is 1.67. The highest BCUT2D eigenvalue weighted by molar-refractivity contribution is 7.89. The molecule has 2 aromatic carbocycles. The van der Waals surface area contributed by atoms with Gasteiger partial charge in [-0.1, -0.05) is 0 Å². The number of sulfonamides is 1. The molecular formula is C23H25FN2O8S. The number of carbonyl (C=O) groups excluding carboxylic acids is 1. The molecule has 3 N–H and O–H groups in total. The molecule has 2 bridgehead atoms. The molecule has 4 rings (SSSR count). The number of carboxylic acid groups (broad SMARTS) is 1. The molecule has 12 heteroatoms. The fourth-order valence-electron chi connectivity index (χ4n) is 4.73. The highest BCUT2D eigenvalue weighted by atomic mass is 32.2. The number of ether oxygens (including phenoxy) is 2. The number of hydrogen-bond donors (Lipinski definition) is 3. The van der Waals surface area contributed by atoms with Crippen molar-refractivity contribution >= 4 is 21.9 Å². The number of nitrogens with one attached hydrogen (secondary N) is 1. The van der Waals surface area contributed by atoms with Crippen molar-refractivity contribution in [2.75, 3.05) is 6.54 Å². The Labute approximate surface area is 201 Å². The van der Waals surface area contributed by atoms with E-state index in [1.54, 1.807) is 5.48 Å². The summed E-state index contributed by atoms with van der Waals surface area (Å²) in [5.74, 6) is -1.95. The third kappa shape index (κ3) is 5.15. The lowest BCUT2D eigenvalue weighted by atomic mass is 9.85. The third-order valence-electron chi connectivity index (χ3n) is 6.32. The van der Waals surface area contributed by atoms with Crippen molar-refractivity contribution in [1.82, 2.24) is 9.79 Å². The zero-order valence-electron chi connectivity index (χ0n) is 18.6. The molecule has 2 aromatic rings. The van der Waals surface area contributed by atoms with E-state index in [0.717, 1.165) is 4.31 Å². The van der Waals surface area contributed by atoms with Crippen LogP contribution in [0.15, 0.2) is 53.4 Å². The largest absolute Gasteiger partial charge is 0.481 e. The van der Waals surface area contributed by atoms with Gasteiger partial charge >= 0.3 is 5.97 Å². The van der Waals surface area contributed by atoms with Gasteiger partial charge in [-0.05, 0) is 61.4 Å². The predicted octanol–water partition coefficient (Wildman–Crippen LogP) is 2.67. The fraction of sp³-hybridized carbons (Fsp3) is 0.391. The average Bonchev–Trinajstić information content (AvgIpc) is 3.18. The lowest BCUT2D eigenvalue weighted by molar-refractivity contribution is -0.151. The molecule has 0 radical (unpaired) electrons. The molecule has 2 unspecified atom stereocenters. The van der Waals surface area contributed by atoms with Gasteiger partial charge in [-0.25, -0.2) is 18.3 Å². The van der Waals surface area contributed by atoms with Crippen LogP contribution in [0.25, 0.3) is 0 Å². The first-order valence-corrected chi connectivity index (χ1v) is 12.5. The highest BCUT2D eigenvalue weighted by Gasteiger charge is 2.56. The Hall–Kier alpha value is -3.06. The SMILES string of the molecule is O=C(O)CCN(C1(C(=O)NO)CC2CCC(C1)O2)S(=O)(=O)c1ccc(Oc2ccc(F)cc2)cc1. The van der Waals surface area contributed by atoms with E-state index >= 15 is 0 Å². The van der Waals surface area contributed by atoms with Crippen LogP contribution in [0.1, 0.15) is 32.1 Å². The monoisotopic (exact) mass is 508 g/mol. The predicted molar refractivity (Wildman–Crippen MR) is 119 cm³/mol. The van der Waals surface area contributed by atoms with E-state index in [1.165, 1.54) is 48.5 Å². The fourth-order valence-corrected chi connectivity index (χ4v) is 6.49. The van der Waals surface area contributed by atoms with Crippen molar-refractivity contribution in [2.45, 2.75) is 54.7 Å².